The Morgan fingerprint density at radius 2 is 1.75 bits per heavy atom. The Bertz CT molecular complexity index is 1890. The molecule has 0 amide bonds. The van der Waals surface area contributed by atoms with Gasteiger partial charge in [0, 0.05) is 34.6 Å². The first-order valence-electron chi connectivity index (χ1n) is 11.8. The van der Waals surface area contributed by atoms with E-state index >= 15 is 0 Å². The number of Topliss-reactive ketones (excluding diaryl/α,β-unsaturated/α-hetero) is 1. The van der Waals surface area contributed by atoms with Crippen LogP contribution >= 0.6 is 23.1 Å². The minimum Gasteiger partial charge on any atom is -0.485 e. The number of rotatable bonds is 6. The molecule has 7 nitrogen and oxygen atoms in total. The topological polar surface area (TPSA) is 83.2 Å². The van der Waals surface area contributed by atoms with Crippen LogP contribution in [0.1, 0.15) is 21.6 Å². The van der Waals surface area contributed by atoms with E-state index in [1.54, 1.807) is 36.4 Å². The molecule has 2 heterocycles. The summed E-state index contributed by atoms with van der Waals surface area (Å²) < 4.78 is 52.1. The van der Waals surface area contributed by atoms with Gasteiger partial charge in [0.1, 0.15) is 11.4 Å². The highest BCUT2D eigenvalue weighted by atomic mass is 35.5. The van der Waals surface area contributed by atoms with Gasteiger partial charge in [-0.15, -0.1) is 0 Å². The standard InChI is InChI=1S/C28H19ClF3N3O4S/c1-15-3-9-22(39-14-21(36)16-4-6-17(29)7-5-16)19(11-15)26-20-12-18(8-10-23(20)40-33-26)35-25(37)13-24(28(30,31)32)34(2)27(35)38/h3-13H,14H2,1-2H3. The van der Waals surface area contributed by atoms with Crippen molar-refractivity contribution in [3.05, 3.63) is 109 Å². The third kappa shape index (κ3) is 5.17. The molecule has 0 unspecified atom stereocenters. The summed E-state index contributed by atoms with van der Waals surface area (Å²) in [5.41, 5.74) is -1.14. The van der Waals surface area contributed by atoms with Crippen LogP contribution in [0.15, 0.2) is 76.3 Å². The number of aryl methyl sites for hydroxylation is 1. The molecular weight excluding hydrogens is 567 g/mol. The quantitative estimate of drug-likeness (QED) is 0.226. The molecule has 0 saturated heterocycles. The average Bonchev–Trinajstić information content (AvgIpc) is 3.33. The van der Waals surface area contributed by atoms with Crippen LogP contribution in [0.3, 0.4) is 0 Å². The van der Waals surface area contributed by atoms with Gasteiger partial charge in [0.05, 0.1) is 16.1 Å². The molecule has 3 aromatic carbocycles. The largest absolute Gasteiger partial charge is 0.485 e. The number of alkyl halides is 3. The van der Waals surface area contributed by atoms with Crippen molar-refractivity contribution in [1.29, 1.82) is 0 Å². The van der Waals surface area contributed by atoms with E-state index in [0.717, 1.165) is 24.1 Å². The van der Waals surface area contributed by atoms with Crippen molar-refractivity contribution in [2.24, 2.45) is 7.05 Å². The van der Waals surface area contributed by atoms with Gasteiger partial charge in [-0.05, 0) is 73.1 Å². The monoisotopic (exact) mass is 585 g/mol. The normalized spacial score (nSPS) is 11.7. The average molecular weight is 586 g/mol. The molecule has 0 bridgehead atoms. The summed E-state index contributed by atoms with van der Waals surface area (Å²) in [4.78, 5) is 38.1. The van der Waals surface area contributed by atoms with Crippen molar-refractivity contribution in [2.75, 3.05) is 6.61 Å². The number of aromatic nitrogens is 3. The Labute approximate surface area is 233 Å². The Kier molecular flexibility index (Phi) is 7.11. The second-order valence-electron chi connectivity index (χ2n) is 8.97. The Hall–Kier alpha value is -4.22. The van der Waals surface area contributed by atoms with Gasteiger partial charge < -0.3 is 4.74 Å². The van der Waals surface area contributed by atoms with Crippen molar-refractivity contribution in [3.8, 4) is 22.7 Å². The van der Waals surface area contributed by atoms with Crippen LogP contribution in [-0.4, -0.2) is 25.9 Å². The summed E-state index contributed by atoms with van der Waals surface area (Å²) in [7, 11) is 0.957. The first-order chi connectivity index (χ1) is 18.9. The summed E-state index contributed by atoms with van der Waals surface area (Å²) >= 11 is 7.06. The molecule has 0 aliphatic rings. The number of halogens is 4. The van der Waals surface area contributed by atoms with Gasteiger partial charge in [-0.1, -0.05) is 23.2 Å². The number of hydrogen-bond donors (Lipinski definition) is 0. The number of fused-ring (bicyclic) bond motifs is 1. The Balaban J connectivity index is 1.56. The number of carbonyl (C=O) groups excluding carboxylic acids is 1. The summed E-state index contributed by atoms with van der Waals surface area (Å²) in [6.07, 6.45) is -4.86. The maximum Gasteiger partial charge on any atom is 0.431 e. The molecule has 204 valence electrons. The van der Waals surface area contributed by atoms with E-state index in [1.807, 2.05) is 19.1 Å². The van der Waals surface area contributed by atoms with E-state index in [9.17, 15) is 27.6 Å². The second kappa shape index (κ2) is 10.4. The molecule has 2 aromatic heterocycles. The van der Waals surface area contributed by atoms with Gasteiger partial charge in [0.25, 0.3) is 5.56 Å². The van der Waals surface area contributed by atoms with Crippen LogP contribution in [0.25, 0.3) is 27.0 Å². The fourth-order valence-corrected chi connectivity index (χ4v) is 5.11. The maximum atomic E-state index is 13.3. The molecule has 5 aromatic rings. The van der Waals surface area contributed by atoms with Crippen LogP contribution < -0.4 is 16.0 Å². The smallest absolute Gasteiger partial charge is 0.431 e. The first kappa shape index (κ1) is 27.4. The molecule has 0 saturated carbocycles. The highest BCUT2D eigenvalue weighted by Gasteiger charge is 2.35. The zero-order valence-corrected chi connectivity index (χ0v) is 22.5. The van der Waals surface area contributed by atoms with Crippen molar-refractivity contribution >= 4 is 39.0 Å². The van der Waals surface area contributed by atoms with Crippen LogP contribution in [0.2, 0.25) is 5.02 Å². The lowest BCUT2D eigenvalue weighted by molar-refractivity contribution is -0.144. The fourth-order valence-electron chi connectivity index (χ4n) is 4.21. The third-order valence-electron chi connectivity index (χ3n) is 6.24. The number of hydrogen-bond acceptors (Lipinski definition) is 6. The molecule has 12 heteroatoms. The molecule has 40 heavy (non-hydrogen) atoms. The number of nitrogens with zero attached hydrogens (tertiary/aromatic N) is 3. The molecule has 5 rings (SSSR count). The minimum absolute atomic E-state index is 0.0845. The summed E-state index contributed by atoms with van der Waals surface area (Å²) in [6.45, 7) is 1.62. The van der Waals surface area contributed by atoms with E-state index in [4.69, 9.17) is 16.3 Å². The van der Waals surface area contributed by atoms with Gasteiger partial charge in [-0.2, -0.15) is 17.5 Å². The Morgan fingerprint density at radius 1 is 1.02 bits per heavy atom. The SMILES string of the molecule is Cc1ccc(OCC(=O)c2ccc(Cl)cc2)c(-c2nsc3ccc(-n4c(=O)cc(C(F)(F)F)n(C)c4=O)cc23)c1. The zero-order chi connectivity index (χ0) is 28.8. The van der Waals surface area contributed by atoms with Crippen molar-refractivity contribution in [2.45, 2.75) is 13.1 Å². The predicted molar refractivity (Wildman–Crippen MR) is 147 cm³/mol. The van der Waals surface area contributed by atoms with Gasteiger partial charge in [-0.3, -0.25) is 14.2 Å². The molecule has 0 N–H and O–H groups in total. The minimum atomic E-state index is -4.86. The molecule has 0 aliphatic heterocycles. The van der Waals surface area contributed by atoms with Crippen LogP contribution in [0, 0.1) is 6.92 Å². The number of benzene rings is 3. The highest BCUT2D eigenvalue weighted by molar-refractivity contribution is 7.13. The molecule has 0 fully saturated rings. The lowest BCUT2D eigenvalue weighted by Gasteiger charge is -2.14. The fraction of sp³-hybridized carbons (Fsp3) is 0.143. The Morgan fingerprint density at radius 3 is 2.45 bits per heavy atom. The van der Waals surface area contributed by atoms with Gasteiger partial charge in [0.2, 0.25) is 0 Å². The van der Waals surface area contributed by atoms with E-state index in [2.05, 4.69) is 4.37 Å². The van der Waals surface area contributed by atoms with Crippen LogP contribution in [0.4, 0.5) is 13.2 Å². The van der Waals surface area contributed by atoms with Gasteiger partial charge in [-0.25, -0.2) is 9.36 Å². The lowest BCUT2D eigenvalue weighted by Crippen LogP contribution is -2.40. The number of ether oxygens (including phenoxy) is 1. The highest BCUT2D eigenvalue weighted by Crippen LogP contribution is 2.38. The predicted octanol–water partition coefficient (Wildman–Crippen LogP) is 6.06. The van der Waals surface area contributed by atoms with E-state index in [-0.39, 0.29) is 18.1 Å². The van der Waals surface area contributed by atoms with E-state index < -0.39 is 23.1 Å². The number of ketones is 1. The second-order valence-corrected chi connectivity index (χ2v) is 10.2. The molecule has 0 radical (unpaired) electrons. The summed E-state index contributed by atoms with van der Waals surface area (Å²) in [5, 5.41) is 1.06. The van der Waals surface area contributed by atoms with E-state index in [0.29, 0.717) is 52.9 Å². The molecular formula is C28H19ClF3N3O4S. The molecule has 0 atom stereocenters. The van der Waals surface area contributed by atoms with Crippen molar-refractivity contribution in [1.82, 2.24) is 13.5 Å². The summed E-state index contributed by atoms with van der Waals surface area (Å²) in [6, 6.07) is 16.8. The maximum absolute atomic E-state index is 13.3. The number of carbonyl (C=O) groups is 1. The lowest BCUT2D eigenvalue weighted by atomic mass is 10.0. The summed E-state index contributed by atoms with van der Waals surface area (Å²) in [5.74, 6) is 0.124. The van der Waals surface area contributed by atoms with E-state index in [1.165, 1.54) is 12.1 Å². The van der Waals surface area contributed by atoms with Crippen molar-refractivity contribution in [3.63, 3.8) is 0 Å². The van der Waals surface area contributed by atoms with Gasteiger partial charge >= 0.3 is 11.9 Å². The van der Waals surface area contributed by atoms with Crippen LogP contribution in [-0.2, 0) is 13.2 Å². The molecule has 0 spiro atoms. The zero-order valence-electron chi connectivity index (χ0n) is 21.0. The van der Waals surface area contributed by atoms with Crippen molar-refractivity contribution < 1.29 is 22.7 Å². The first-order valence-corrected chi connectivity index (χ1v) is 12.9. The van der Waals surface area contributed by atoms with Gasteiger partial charge in [0.15, 0.2) is 12.4 Å². The third-order valence-corrected chi connectivity index (χ3v) is 7.32. The van der Waals surface area contributed by atoms with Crippen LogP contribution in [0.5, 0.6) is 5.75 Å². The molecule has 0 aliphatic carbocycles.